The number of hydrogen-bond acceptors (Lipinski definition) is 5. The summed E-state index contributed by atoms with van der Waals surface area (Å²) in [5, 5.41) is 9.56. The van der Waals surface area contributed by atoms with E-state index in [9.17, 15) is 22.7 Å². The number of thioether (sulfide) groups is 1. The van der Waals surface area contributed by atoms with Gasteiger partial charge in [0.2, 0.25) is 10.0 Å². The Morgan fingerprint density at radius 2 is 1.71 bits per heavy atom. The minimum Gasteiger partial charge on any atom is -0.497 e. The Balaban J connectivity index is 1.75. The smallest absolute Gasteiger partial charge is 0.308 e. The molecule has 6 nitrogen and oxygen atoms in total. The summed E-state index contributed by atoms with van der Waals surface area (Å²) in [4.78, 5) is 13.2. The first kappa shape index (κ1) is 25.2. The molecular formula is C26H26FNO5S2. The topological polar surface area (TPSA) is 83.9 Å². The molecule has 0 bridgehead atoms. The average molecular weight is 516 g/mol. The van der Waals surface area contributed by atoms with Gasteiger partial charge in [-0.2, -0.15) is 4.31 Å². The highest BCUT2D eigenvalue weighted by Gasteiger charge is 2.46. The third-order valence-corrected chi connectivity index (χ3v) is 9.44. The number of halogens is 1. The highest BCUT2D eigenvalue weighted by molar-refractivity contribution is 8.00. The van der Waals surface area contributed by atoms with Crippen molar-refractivity contribution in [3.05, 3.63) is 89.7 Å². The second-order valence-electron chi connectivity index (χ2n) is 8.44. The van der Waals surface area contributed by atoms with Gasteiger partial charge in [0.25, 0.3) is 0 Å². The van der Waals surface area contributed by atoms with Gasteiger partial charge >= 0.3 is 5.97 Å². The lowest BCUT2D eigenvalue weighted by atomic mass is 9.90. The largest absolute Gasteiger partial charge is 0.497 e. The lowest BCUT2D eigenvalue weighted by Crippen LogP contribution is -2.49. The highest BCUT2D eigenvalue weighted by atomic mass is 32.2. The molecule has 1 aliphatic rings. The second-order valence-corrected chi connectivity index (χ2v) is 11.6. The van der Waals surface area contributed by atoms with E-state index >= 15 is 0 Å². The third kappa shape index (κ3) is 5.37. The zero-order chi connectivity index (χ0) is 25.2. The Kier molecular flexibility index (Phi) is 7.49. The Bertz CT molecular complexity index is 1300. The van der Waals surface area contributed by atoms with Crippen molar-refractivity contribution in [2.45, 2.75) is 34.4 Å². The first-order chi connectivity index (χ1) is 16.7. The van der Waals surface area contributed by atoms with Gasteiger partial charge in [-0.25, -0.2) is 12.8 Å². The molecule has 35 heavy (non-hydrogen) atoms. The van der Waals surface area contributed by atoms with Crippen LogP contribution in [0.3, 0.4) is 0 Å². The molecule has 0 radical (unpaired) electrons. The maximum Gasteiger partial charge on any atom is 0.308 e. The van der Waals surface area contributed by atoms with Gasteiger partial charge in [0.1, 0.15) is 11.6 Å². The lowest BCUT2D eigenvalue weighted by molar-refractivity contribution is -0.143. The van der Waals surface area contributed by atoms with E-state index < -0.39 is 39.0 Å². The number of piperidine rings is 1. The highest BCUT2D eigenvalue weighted by Crippen LogP contribution is 2.44. The number of ether oxygens (including phenoxy) is 1. The molecule has 3 aromatic carbocycles. The van der Waals surface area contributed by atoms with Crippen LogP contribution >= 0.6 is 11.8 Å². The van der Waals surface area contributed by atoms with E-state index in [0.29, 0.717) is 5.75 Å². The van der Waals surface area contributed by atoms with Crippen LogP contribution < -0.4 is 4.74 Å². The summed E-state index contributed by atoms with van der Waals surface area (Å²) < 4.78 is 48.6. The first-order valence-corrected chi connectivity index (χ1v) is 13.4. The standard InChI is InChI=1S/C26H26FNO5S2/c1-17-7-13-20(14-8-17)35(31,32)28-16-22(26(29)30)25(34-19-11-9-18(33-2)10-12-19)15-24(28)21-5-3-4-6-23(21)27/h3-14,22,24-25H,15-16H2,1-2H3,(H,29,30)/t22-,24+,25-/m1/s1. The minimum absolute atomic E-state index is 0.0508. The predicted molar refractivity (Wildman–Crippen MR) is 133 cm³/mol. The fraction of sp³-hybridized carbons (Fsp3) is 0.269. The molecule has 1 saturated heterocycles. The van der Waals surface area contributed by atoms with Gasteiger partial charge in [0, 0.05) is 22.3 Å². The van der Waals surface area contributed by atoms with Crippen LogP contribution in [0.15, 0.2) is 82.6 Å². The van der Waals surface area contributed by atoms with Crippen LogP contribution in [0.25, 0.3) is 0 Å². The number of aliphatic carboxylic acids is 1. The van der Waals surface area contributed by atoms with Crippen molar-refractivity contribution in [1.82, 2.24) is 4.31 Å². The molecule has 184 valence electrons. The van der Waals surface area contributed by atoms with E-state index in [-0.39, 0.29) is 23.4 Å². The Labute approximate surface area is 208 Å². The summed E-state index contributed by atoms with van der Waals surface area (Å²) in [5.41, 5.74) is 1.12. The van der Waals surface area contributed by atoms with Crippen LogP contribution in [-0.4, -0.2) is 42.7 Å². The van der Waals surface area contributed by atoms with E-state index in [1.807, 2.05) is 19.1 Å². The number of sulfonamides is 1. The molecule has 0 spiro atoms. The number of carboxylic acid groups (broad SMARTS) is 1. The third-order valence-electron chi connectivity index (χ3n) is 6.18. The number of methoxy groups -OCH3 is 1. The maximum absolute atomic E-state index is 14.9. The van der Waals surface area contributed by atoms with Crippen LogP contribution in [0.1, 0.15) is 23.6 Å². The molecule has 3 aromatic rings. The minimum atomic E-state index is -4.09. The summed E-state index contributed by atoms with van der Waals surface area (Å²) in [6, 6.07) is 18.8. The number of aryl methyl sites for hydroxylation is 1. The predicted octanol–water partition coefficient (Wildman–Crippen LogP) is 5.14. The number of carboxylic acids is 1. The Hall–Kier alpha value is -2.88. The maximum atomic E-state index is 14.9. The van der Waals surface area contributed by atoms with Gasteiger partial charge in [-0.05, 0) is 55.8 Å². The van der Waals surface area contributed by atoms with Gasteiger partial charge in [-0.15, -0.1) is 11.8 Å². The molecule has 0 aliphatic carbocycles. The van der Waals surface area contributed by atoms with Crippen molar-refractivity contribution in [2.24, 2.45) is 5.92 Å². The van der Waals surface area contributed by atoms with Crippen LogP contribution in [0.2, 0.25) is 0 Å². The summed E-state index contributed by atoms with van der Waals surface area (Å²) in [6.45, 7) is 1.58. The monoisotopic (exact) mass is 515 g/mol. The van der Waals surface area contributed by atoms with E-state index in [4.69, 9.17) is 4.74 Å². The van der Waals surface area contributed by atoms with E-state index in [0.717, 1.165) is 14.8 Å². The van der Waals surface area contributed by atoms with Gasteiger partial charge in [-0.3, -0.25) is 4.79 Å². The second kappa shape index (κ2) is 10.4. The fourth-order valence-corrected chi connectivity index (χ4v) is 7.21. The van der Waals surface area contributed by atoms with Crippen molar-refractivity contribution < 1.29 is 27.4 Å². The summed E-state index contributed by atoms with van der Waals surface area (Å²) in [6.07, 6.45) is 0.139. The van der Waals surface area contributed by atoms with Crippen molar-refractivity contribution in [3.8, 4) is 5.75 Å². The van der Waals surface area contributed by atoms with Gasteiger partial charge < -0.3 is 9.84 Å². The average Bonchev–Trinajstić information content (AvgIpc) is 2.84. The van der Waals surface area contributed by atoms with Gasteiger partial charge in [-0.1, -0.05) is 35.9 Å². The molecule has 1 N–H and O–H groups in total. The molecular weight excluding hydrogens is 489 g/mol. The molecule has 1 fully saturated rings. The van der Waals surface area contributed by atoms with Crippen molar-refractivity contribution in [3.63, 3.8) is 0 Å². The fourth-order valence-electron chi connectivity index (χ4n) is 4.28. The first-order valence-electron chi connectivity index (χ1n) is 11.1. The van der Waals surface area contributed by atoms with E-state index in [2.05, 4.69) is 0 Å². The molecule has 1 heterocycles. The zero-order valence-corrected chi connectivity index (χ0v) is 20.9. The SMILES string of the molecule is COc1ccc(S[C@@H]2C[C@@H](c3ccccc3F)N(S(=O)(=O)c3ccc(C)cc3)C[C@H]2C(=O)O)cc1. The number of benzene rings is 3. The summed E-state index contributed by atoms with van der Waals surface area (Å²) >= 11 is 1.35. The molecule has 0 saturated carbocycles. The van der Waals surface area contributed by atoms with Crippen molar-refractivity contribution in [1.29, 1.82) is 0 Å². The molecule has 9 heteroatoms. The molecule has 0 amide bonds. The lowest BCUT2D eigenvalue weighted by Gasteiger charge is -2.41. The van der Waals surface area contributed by atoms with Gasteiger partial charge in [0.15, 0.2) is 0 Å². The Morgan fingerprint density at radius 1 is 1.06 bits per heavy atom. The Morgan fingerprint density at radius 3 is 2.31 bits per heavy atom. The van der Waals surface area contributed by atoms with E-state index in [1.54, 1.807) is 49.6 Å². The van der Waals surface area contributed by atoms with Crippen LogP contribution in [0.4, 0.5) is 4.39 Å². The molecule has 0 aromatic heterocycles. The number of nitrogens with zero attached hydrogens (tertiary/aromatic N) is 1. The van der Waals surface area contributed by atoms with Gasteiger partial charge in [0.05, 0.1) is 24.0 Å². The summed E-state index contributed by atoms with van der Waals surface area (Å²) in [5.74, 6) is -1.92. The van der Waals surface area contributed by atoms with Crippen LogP contribution in [0, 0.1) is 18.7 Å². The molecule has 1 aliphatic heterocycles. The zero-order valence-electron chi connectivity index (χ0n) is 19.3. The summed E-state index contributed by atoms with van der Waals surface area (Å²) in [7, 11) is -2.53. The van der Waals surface area contributed by atoms with Crippen molar-refractivity contribution >= 4 is 27.8 Å². The number of carbonyl (C=O) groups is 1. The normalized spacial score (nSPS) is 20.9. The number of hydrogen-bond donors (Lipinski definition) is 1. The van der Waals surface area contributed by atoms with Crippen LogP contribution in [-0.2, 0) is 14.8 Å². The van der Waals surface area contributed by atoms with Crippen LogP contribution in [0.5, 0.6) is 5.75 Å². The van der Waals surface area contributed by atoms with Crippen molar-refractivity contribution in [2.75, 3.05) is 13.7 Å². The number of rotatable bonds is 7. The molecule has 0 unspecified atom stereocenters. The van der Waals surface area contributed by atoms with E-state index in [1.165, 1.54) is 30.0 Å². The molecule has 4 rings (SSSR count). The quantitative estimate of drug-likeness (QED) is 0.469. The molecule has 3 atom stereocenters.